The number of esters is 1. The van der Waals surface area contributed by atoms with Gasteiger partial charge in [0.25, 0.3) is 0 Å². The van der Waals surface area contributed by atoms with Gasteiger partial charge in [-0.15, -0.1) is 11.3 Å². The van der Waals surface area contributed by atoms with Crippen LogP contribution in [0.4, 0.5) is 0 Å². The molecule has 0 unspecified atom stereocenters. The number of rotatable bonds is 4. The van der Waals surface area contributed by atoms with Gasteiger partial charge in [-0.25, -0.2) is 4.98 Å². The molecule has 0 radical (unpaired) electrons. The zero-order valence-electron chi connectivity index (χ0n) is 15.4. The van der Waals surface area contributed by atoms with Crippen molar-refractivity contribution in [1.29, 1.82) is 0 Å². The first kappa shape index (κ1) is 17.7. The number of carbonyl (C=O) groups excluding carboxylic acids is 1. The van der Waals surface area contributed by atoms with E-state index in [0.29, 0.717) is 6.61 Å². The second kappa shape index (κ2) is 6.64. The third-order valence-corrected chi connectivity index (χ3v) is 5.18. The van der Waals surface area contributed by atoms with Crippen LogP contribution in [0, 0.1) is 13.8 Å². The predicted octanol–water partition coefficient (Wildman–Crippen LogP) is 4.60. The van der Waals surface area contributed by atoms with Crippen LogP contribution in [0.5, 0.6) is 0 Å². The quantitative estimate of drug-likeness (QED) is 0.642. The highest BCUT2D eigenvalue weighted by Crippen LogP contribution is 2.27. The van der Waals surface area contributed by atoms with Gasteiger partial charge in [0.1, 0.15) is 6.61 Å². The molecule has 0 N–H and O–H groups in total. The summed E-state index contributed by atoms with van der Waals surface area (Å²) in [6.07, 6.45) is 4.01. The predicted molar refractivity (Wildman–Crippen MR) is 101 cm³/mol. The first-order valence-electron chi connectivity index (χ1n) is 8.41. The van der Waals surface area contributed by atoms with E-state index in [1.807, 2.05) is 22.2 Å². The summed E-state index contributed by atoms with van der Waals surface area (Å²) in [6, 6.07) is 4.39. The SMILES string of the molecule is Cc1cc(C(C)(C)C)cc(C)c1COC(=O)Cc1cn2ccsc2n1. The highest BCUT2D eigenvalue weighted by Gasteiger charge is 2.17. The molecule has 0 spiro atoms. The largest absolute Gasteiger partial charge is 0.460 e. The van der Waals surface area contributed by atoms with Gasteiger partial charge in [0.2, 0.25) is 0 Å². The Balaban J connectivity index is 1.66. The van der Waals surface area contributed by atoms with Crippen molar-refractivity contribution >= 4 is 22.3 Å². The molecule has 3 aromatic rings. The molecule has 4 nitrogen and oxygen atoms in total. The lowest BCUT2D eigenvalue weighted by Crippen LogP contribution is -2.14. The number of aryl methyl sites for hydroxylation is 2. The Hall–Kier alpha value is -2.14. The summed E-state index contributed by atoms with van der Waals surface area (Å²) < 4.78 is 7.43. The van der Waals surface area contributed by atoms with Crippen molar-refractivity contribution < 1.29 is 9.53 Å². The molecule has 0 saturated carbocycles. The maximum absolute atomic E-state index is 12.2. The first-order chi connectivity index (χ1) is 11.7. The third kappa shape index (κ3) is 3.93. The fourth-order valence-corrected chi connectivity index (χ4v) is 3.59. The molecule has 3 rings (SSSR count). The molecule has 5 heteroatoms. The van der Waals surface area contributed by atoms with Crippen LogP contribution in [0.3, 0.4) is 0 Å². The van der Waals surface area contributed by atoms with Gasteiger partial charge < -0.3 is 4.74 Å². The lowest BCUT2D eigenvalue weighted by atomic mass is 9.84. The minimum absolute atomic E-state index is 0.110. The number of hydrogen-bond acceptors (Lipinski definition) is 4. The van der Waals surface area contributed by atoms with E-state index in [1.54, 1.807) is 11.3 Å². The molecule has 0 saturated heterocycles. The van der Waals surface area contributed by atoms with Crippen molar-refractivity contribution in [3.8, 4) is 0 Å². The van der Waals surface area contributed by atoms with Crippen LogP contribution < -0.4 is 0 Å². The topological polar surface area (TPSA) is 43.6 Å². The summed E-state index contributed by atoms with van der Waals surface area (Å²) in [5, 5.41) is 1.97. The Bertz CT molecular complexity index is 864. The fraction of sp³-hybridized carbons (Fsp3) is 0.400. The van der Waals surface area contributed by atoms with Crippen molar-refractivity contribution in [3.63, 3.8) is 0 Å². The van der Waals surface area contributed by atoms with Crippen LogP contribution in [0.1, 0.15) is 48.7 Å². The van der Waals surface area contributed by atoms with E-state index >= 15 is 0 Å². The number of fused-ring (bicyclic) bond motifs is 1. The number of hydrogen-bond donors (Lipinski definition) is 0. The molecule has 2 heterocycles. The standard InChI is InChI=1S/C20H24N2O2S/c1-13-8-15(20(3,4)5)9-14(2)17(13)12-24-18(23)10-16-11-22-6-7-25-19(22)21-16/h6-9,11H,10,12H2,1-5H3. The van der Waals surface area contributed by atoms with Gasteiger partial charge >= 0.3 is 5.97 Å². The molecule has 0 bridgehead atoms. The van der Waals surface area contributed by atoms with Gasteiger partial charge in [0, 0.05) is 17.8 Å². The molecule has 0 aliphatic rings. The molecular formula is C20H24N2O2S. The highest BCUT2D eigenvalue weighted by molar-refractivity contribution is 7.15. The molecule has 1 aromatic carbocycles. The fourth-order valence-electron chi connectivity index (χ4n) is 2.87. The Kier molecular flexibility index (Phi) is 4.69. The summed E-state index contributed by atoms with van der Waals surface area (Å²) in [5.74, 6) is -0.246. The second-order valence-electron chi connectivity index (χ2n) is 7.50. The van der Waals surface area contributed by atoms with Gasteiger partial charge in [0.05, 0.1) is 12.1 Å². The van der Waals surface area contributed by atoms with E-state index in [9.17, 15) is 4.79 Å². The Morgan fingerprint density at radius 3 is 2.52 bits per heavy atom. The smallest absolute Gasteiger partial charge is 0.312 e. The molecule has 0 fully saturated rings. The molecule has 2 aromatic heterocycles. The molecular weight excluding hydrogens is 332 g/mol. The minimum atomic E-state index is -0.246. The van der Waals surface area contributed by atoms with Gasteiger partial charge in [-0.3, -0.25) is 9.20 Å². The number of benzene rings is 1. The van der Waals surface area contributed by atoms with Crippen LogP contribution in [-0.4, -0.2) is 15.4 Å². The van der Waals surface area contributed by atoms with Gasteiger partial charge in [-0.1, -0.05) is 32.9 Å². The van der Waals surface area contributed by atoms with E-state index in [-0.39, 0.29) is 17.8 Å². The molecule has 0 aliphatic carbocycles. The first-order valence-corrected chi connectivity index (χ1v) is 9.29. The number of thiazole rings is 1. The molecule has 0 atom stereocenters. The van der Waals surface area contributed by atoms with E-state index in [2.05, 4.69) is 51.7 Å². The Labute approximate surface area is 152 Å². The van der Waals surface area contributed by atoms with Crippen LogP contribution in [-0.2, 0) is 28.0 Å². The summed E-state index contributed by atoms with van der Waals surface area (Å²) >= 11 is 1.55. The van der Waals surface area contributed by atoms with Crippen LogP contribution in [0.2, 0.25) is 0 Å². The summed E-state index contributed by atoms with van der Waals surface area (Å²) in [6.45, 7) is 11.1. The average Bonchev–Trinajstić information content (AvgIpc) is 3.06. The van der Waals surface area contributed by atoms with Crippen molar-refractivity contribution in [2.75, 3.05) is 0 Å². The van der Waals surface area contributed by atoms with Crippen LogP contribution in [0.15, 0.2) is 29.9 Å². The normalized spacial score (nSPS) is 11.9. The third-order valence-electron chi connectivity index (χ3n) is 4.41. The number of carbonyl (C=O) groups is 1. The highest BCUT2D eigenvalue weighted by atomic mass is 32.1. The molecule has 132 valence electrons. The zero-order chi connectivity index (χ0) is 18.2. The van der Waals surface area contributed by atoms with Crippen LogP contribution in [0.25, 0.3) is 4.96 Å². The number of ether oxygens (including phenoxy) is 1. The van der Waals surface area contributed by atoms with Gasteiger partial charge in [-0.05, 0) is 41.5 Å². The van der Waals surface area contributed by atoms with E-state index in [4.69, 9.17) is 4.74 Å². The van der Waals surface area contributed by atoms with Gasteiger partial charge in [-0.2, -0.15) is 0 Å². The van der Waals surface area contributed by atoms with Crippen molar-refractivity contribution in [3.05, 3.63) is 57.9 Å². The summed E-state index contributed by atoms with van der Waals surface area (Å²) in [5.41, 5.74) is 5.58. The minimum Gasteiger partial charge on any atom is -0.460 e. The lowest BCUT2D eigenvalue weighted by molar-refractivity contribution is -0.144. The number of nitrogens with zero attached hydrogens (tertiary/aromatic N) is 2. The monoisotopic (exact) mass is 356 g/mol. The number of imidazole rings is 1. The molecule has 0 aliphatic heterocycles. The van der Waals surface area contributed by atoms with Crippen LogP contribution >= 0.6 is 11.3 Å². The second-order valence-corrected chi connectivity index (χ2v) is 8.37. The van der Waals surface area contributed by atoms with E-state index in [1.165, 1.54) is 16.7 Å². The Morgan fingerprint density at radius 2 is 1.92 bits per heavy atom. The van der Waals surface area contributed by atoms with Crippen molar-refractivity contribution in [2.24, 2.45) is 0 Å². The van der Waals surface area contributed by atoms with Gasteiger partial charge in [0.15, 0.2) is 4.96 Å². The van der Waals surface area contributed by atoms with Crippen molar-refractivity contribution in [2.45, 2.75) is 53.1 Å². The molecule has 0 amide bonds. The maximum atomic E-state index is 12.2. The molecule has 25 heavy (non-hydrogen) atoms. The Morgan fingerprint density at radius 1 is 1.24 bits per heavy atom. The summed E-state index contributed by atoms with van der Waals surface area (Å²) in [4.78, 5) is 17.5. The summed E-state index contributed by atoms with van der Waals surface area (Å²) in [7, 11) is 0. The van der Waals surface area contributed by atoms with E-state index < -0.39 is 0 Å². The van der Waals surface area contributed by atoms with Crippen molar-refractivity contribution in [1.82, 2.24) is 9.38 Å². The number of aromatic nitrogens is 2. The zero-order valence-corrected chi connectivity index (χ0v) is 16.2. The maximum Gasteiger partial charge on any atom is 0.312 e. The van der Waals surface area contributed by atoms with E-state index in [0.717, 1.165) is 16.2 Å². The average molecular weight is 356 g/mol. The lowest BCUT2D eigenvalue weighted by Gasteiger charge is -2.22.